The Labute approximate surface area is 59.5 Å². The molecular weight excluding hydrogens is 91.0 g/mol. The van der Waals surface area contributed by atoms with E-state index in [4.69, 9.17) is 10.2 Å². The van der Waals surface area contributed by atoms with Crippen LogP contribution in [0.25, 0.3) is 0 Å². The van der Waals surface area contributed by atoms with Gasteiger partial charge in [-0.1, -0.05) is 0 Å². The Bertz CT molecular complexity index is 22.8. The third-order valence-corrected chi connectivity index (χ3v) is 0.258. The molecule has 0 spiro atoms. The van der Waals surface area contributed by atoms with E-state index in [0.29, 0.717) is 0 Å². The van der Waals surface area contributed by atoms with Crippen molar-refractivity contribution in [3.8, 4) is 0 Å². The summed E-state index contributed by atoms with van der Waals surface area (Å²) < 4.78 is 0. The fourth-order valence-corrected chi connectivity index (χ4v) is 0. The summed E-state index contributed by atoms with van der Waals surface area (Å²) >= 11 is 0. The van der Waals surface area contributed by atoms with Crippen molar-refractivity contribution in [2.75, 3.05) is 0 Å². The Hall–Kier alpha value is 0.920. The van der Waals surface area contributed by atoms with E-state index < -0.39 is 6.29 Å². The predicted molar refractivity (Wildman–Crippen MR) is 18.2 cm³/mol. The van der Waals surface area contributed by atoms with Gasteiger partial charge in [-0.25, -0.2) is 0 Å². The molecule has 0 heterocycles. The van der Waals surface area contributed by atoms with Crippen molar-refractivity contribution in [2.45, 2.75) is 12.7 Å². The van der Waals surface area contributed by atoms with Gasteiger partial charge in [0.2, 0.25) is 0 Å². The van der Waals surface area contributed by atoms with Crippen LogP contribution in [-0.4, -0.2) is 16.5 Å². The minimum Gasteiger partial charge on any atom is -0.371 e. The predicted octanol–water partition coefficient (Wildman–Crippen LogP) is -3.47. The minimum atomic E-state index is -1.23. The van der Waals surface area contributed by atoms with Crippen LogP contribution < -0.4 is 29.6 Å². The Balaban J connectivity index is 0. The smallest absolute Gasteiger partial charge is 0.371 e. The summed E-state index contributed by atoms with van der Waals surface area (Å²) in [6, 6.07) is 0. The van der Waals surface area contributed by atoms with E-state index in [0.717, 1.165) is 0 Å². The summed E-state index contributed by atoms with van der Waals surface area (Å²) in [7, 11) is 0. The minimum absolute atomic E-state index is 0. The Morgan fingerprint density at radius 1 is 1.50 bits per heavy atom. The van der Waals surface area contributed by atoms with Crippen molar-refractivity contribution in [1.82, 2.24) is 0 Å². The third-order valence-electron chi connectivity index (χ3n) is 0.258. The zero-order valence-corrected chi connectivity index (χ0v) is 5.89. The van der Waals surface area contributed by atoms with Gasteiger partial charge in [-0.15, -0.1) is 6.42 Å². The number of aliphatic hydroxyl groups is 2. The largest absolute Gasteiger partial charge is 1.00 e. The van der Waals surface area contributed by atoms with Crippen LogP contribution in [0.1, 0.15) is 6.42 Å². The van der Waals surface area contributed by atoms with E-state index in [1.165, 1.54) is 0 Å². The van der Waals surface area contributed by atoms with Gasteiger partial charge in [-0.3, -0.25) is 0 Å². The van der Waals surface area contributed by atoms with Gasteiger partial charge < -0.3 is 17.1 Å². The Morgan fingerprint density at radius 2 is 1.67 bits per heavy atom. The summed E-state index contributed by atoms with van der Waals surface area (Å²) in [4.78, 5) is 0. The first kappa shape index (κ1) is 10.0. The van der Waals surface area contributed by atoms with E-state index in [1.54, 1.807) is 0 Å². The zero-order chi connectivity index (χ0) is 4.28. The zero-order valence-electron chi connectivity index (χ0n) is 3.89. The first-order valence-electron chi connectivity index (χ1n) is 1.42. The van der Waals surface area contributed by atoms with Crippen LogP contribution in [-0.2, 0) is 0 Å². The molecular formula is C3H7NaO2. The van der Waals surface area contributed by atoms with Crippen LogP contribution in [0.2, 0.25) is 0 Å². The van der Waals surface area contributed by atoms with E-state index in [2.05, 4.69) is 6.92 Å². The summed E-state index contributed by atoms with van der Waals surface area (Å²) in [5, 5.41) is 15.7. The van der Waals surface area contributed by atoms with Gasteiger partial charge >= 0.3 is 29.6 Å². The second kappa shape index (κ2) is 5.92. The van der Waals surface area contributed by atoms with Crippen LogP contribution in [0, 0.1) is 6.92 Å². The molecule has 0 aliphatic carbocycles. The summed E-state index contributed by atoms with van der Waals surface area (Å²) in [5.74, 6) is 0. The van der Waals surface area contributed by atoms with Crippen molar-refractivity contribution >= 4 is 0 Å². The van der Waals surface area contributed by atoms with Gasteiger partial charge in [0.15, 0.2) is 0 Å². The van der Waals surface area contributed by atoms with Gasteiger partial charge in [-0.2, -0.15) is 0 Å². The maximum atomic E-state index is 7.85. The standard InChI is InChI=1S/C3H7O2.Na/c1-2-3(4)5;/h3-5H,1-2H2;/q-1;+1. The molecule has 0 bridgehead atoms. The van der Waals surface area contributed by atoms with Crippen LogP contribution in [0.15, 0.2) is 0 Å². The van der Waals surface area contributed by atoms with Crippen molar-refractivity contribution in [1.29, 1.82) is 0 Å². The van der Waals surface area contributed by atoms with Gasteiger partial charge in [0.1, 0.15) is 6.29 Å². The second-order valence-electron chi connectivity index (χ2n) is 0.769. The normalized spacial score (nSPS) is 8.00. The molecule has 0 aromatic carbocycles. The van der Waals surface area contributed by atoms with Crippen molar-refractivity contribution in [3.05, 3.63) is 6.92 Å². The summed E-state index contributed by atoms with van der Waals surface area (Å²) in [6.45, 7) is 3.19. The number of hydrogen-bond acceptors (Lipinski definition) is 2. The molecule has 0 atom stereocenters. The topological polar surface area (TPSA) is 40.5 Å². The maximum absolute atomic E-state index is 7.85. The molecule has 0 radical (unpaired) electrons. The van der Waals surface area contributed by atoms with E-state index in [-0.39, 0.29) is 36.0 Å². The number of aliphatic hydroxyl groups excluding tert-OH is 1. The molecule has 2 nitrogen and oxygen atoms in total. The van der Waals surface area contributed by atoms with Crippen molar-refractivity contribution in [3.63, 3.8) is 0 Å². The molecule has 0 rings (SSSR count). The van der Waals surface area contributed by atoms with Crippen LogP contribution in [0.5, 0.6) is 0 Å². The second-order valence-corrected chi connectivity index (χ2v) is 0.769. The SMILES string of the molecule is [CH2-]CC(O)O.[Na+]. The van der Waals surface area contributed by atoms with Crippen molar-refractivity contribution < 1.29 is 39.8 Å². The molecule has 0 aliphatic rings. The quantitative estimate of drug-likeness (QED) is 0.203. The molecule has 6 heavy (non-hydrogen) atoms. The van der Waals surface area contributed by atoms with Gasteiger partial charge in [-0.05, 0) is 0 Å². The fourth-order valence-electron chi connectivity index (χ4n) is 0. The molecule has 0 aromatic heterocycles. The third kappa shape index (κ3) is 8.87. The molecule has 0 unspecified atom stereocenters. The monoisotopic (exact) mass is 98.0 g/mol. The van der Waals surface area contributed by atoms with Gasteiger partial charge in [0, 0.05) is 0 Å². The summed E-state index contributed by atoms with van der Waals surface area (Å²) in [6.07, 6.45) is -1.06. The van der Waals surface area contributed by atoms with E-state index in [1.807, 2.05) is 0 Å². The van der Waals surface area contributed by atoms with Crippen molar-refractivity contribution in [2.24, 2.45) is 0 Å². The molecule has 0 saturated heterocycles. The van der Waals surface area contributed by atoms with Gasteiger partial charge in [0.05, 0.1) is 0 Å². The Morgan fingerprint density at radius 3 is 1.67 bits per heavy atom. The fraction of sp³-hybridized carbons (Fsp3) is 0.667. The van der Waals surface area contributed by atoms with Crippen LogP contribution >= 0.6 is 0 Å². The van der Waals surface area contributed by atoms with Crippen LogP contribution in [0.3, 0.4) is 0 Å². The molecule has 3 heteroatoms. The molecule has 0 aromatic rings. The van der Waals surface area contributed by atoms with Gasteiger partial charge in [0.25, 0.3) is 0 Å². The van der Waals surface area contributed by atoms with E-state index in [9.17, 15) is 0 Å². The van der Waals surface area contributed by atoms with Crippen LogP contribution in [0.4, 0.5) is 0 Å². The summed E-state index contributed by atoms with van der Waals surface area (Å²) in [5.41, 5.74) is 0. The molecule has 0 amide bonds. The Kier molecular flexibility index (Phi) is 9.89. The number of hydrogen-bond donors (Lipinski definition) is 2. The molecule has 0 fully saturated rings. The molecule has 0 aliphatic heterocycles. The first-order valence-corrected chi connectivity index (χ1v) is 1.42. The maximum Gasteiger partial charge on any atom is 1.00 e. The average Bonchev–Trinajstić information content (AvgIpc) is 1.38. The molecule has 2 N–H and O–H groups in total. The molecule has 32 valence electrons. The molecule has 0 saturated carbocycles. The first-order chi connectivity index (χ1) is 2.27. The number of rotatable bonds is 1. The average molecular weight is 98.1 g/mol. The van der Waals surface area contributed by atoms with E-state index >= 15 is 0 Å².